The van der Waals surface area contributed by atoms with Crippen LogP contribution in [0, 0.1) is 56.7 Å². The molecule has 0 radical (unpaired) electrons. The van der Waals surface area contributed by atoms with Crippen molar-refractivity contribution >= 4 is 5.97 Å². The average Bonchev–Trinajstić information content (AvgIpc) is 2.80. The highest BCUT2D eigenvalue weighted by molar-refractivity contribution is 5.76. The zero-order valence-corrected chi connectivity index (χ0v) is 22.7. The molecule has 5 nitrogen and oxygen atoms in total. The summed E-state index contributed by atoms with van der Waals surface area (Å²) in [6, 6.07) is 0. The molecule has 198 valence electrons. The zero-order valence-electron chi connectivity index (χ0n) is 22.7. The molecule has 5 aliphatic carbocycles. The predicted octanol–water partition coefficient (Wildman–Crippen LogP) is 5.03. The molecule has 0 amide bonds. The summed E-state index contributed by atoms with van der Waals surface area (Å²) in [6.07, 6.45) is 7.51. The van der Waals surface area contributed by atoms with Gasteiger partial charge in [0.15, 0.2) is 0 Å². The number of carboxylic acid groups (broad SMARTS) is 1. The summed E-state index contributed by atoms with van der Waals surface area (Å²) in [5, 5.41) is 42.9. The first-order valence-corrected chi connectivity index (χ1v) is 14.1. The largest absolute Gasteiger partial charge is 0.481 e. The van der Waals surface area contributed by atoms with Crippen LogP contribution in [0.5, 0.6) is 0 Å². The van der Waals surface area contributed by atoms with Crippen molar-refractivity contribution in [2.24, 2.45) is 56.7 Å². The summed E-state index contributed by atoms with van der Waals surface area (Å²) in [4.78, 5) is 12.8. The van der Waals surface area contributed by atoms with Gasteiger partial charge in [-0.3, -0.25) is 4.79 Å². The first-order chi connectivity index (χ1) is 16.2. The van der Waals surface area contributed by atoms with E-state index in [1.807, 2.05) is 6.92 Å². The molecule has 5 heteroatoms. The Labute approximate surface area is 211 Å². The first-order valence-electron chi connectivity index (χ1n) is 14.1. The second kappa shape index (κ2) is 7.80. The van der Waals surface area contributed by atoms with Gasteiger partial charge in [-0.15, -0.1) is 0 Å². The highest BCUT2D eigenvalue weighted by Crippen LogP contribution is 2.75. The number of aliphatic carboxylic acids is 1. The molecule has 12 atom stereocenters. The van der Waals surface area contributed by atoms with Crippen LogP contribution in [0.25, 0.3) is 0 Å². The minimum Gasteiger partial charge on any atom is -0.481 e. The molecule has 0 bridgehead atoms. The first kappa shape index (κ1) is 25.7. The topological polar surface area (TPSA) is 98.0 Å². The van der Waals surface area contributed by atoms with Gasteiger partial charge < -0.3 is 20.4 Å². The lowest BCUT2D eigenvalue weighted by Crippen LogP contribution is -2.68. The van der Waals surface area contributed by atoms with Crippen molar-refractivity contribution in [3.63, 3.8) is 0 Å². The summed E-state index contributed by atoms with van der Waals surface area (Å²) < 4.78 is 0. The van der Waals surface area contributed by atoms with E-state index in [1.165, 1.54) is 5.57 Å². The molecule has 0 unspecified atom stereocenters. The number of carbonyl (C=O) groups is 1. The maximum atomic E-state index is 12.8. The maximum Gasteiger partial charge on any atom is 0.310 e. The van der Waals surface area contributed by atoms with Crippen LogP contribution in [0.4, 0.5) is 0 Å². The van der Waals surface area contributed by atoms with Crippen LogP contribution < -0.4 is 0 Å². The molecule has 4 N–H and O–H groups in total. The van der Waals surface area contributed by atoms with Gasteiger partial charge in [0.25, 0.3) is 0 Å². The molecule has 0 aromatic heterocycles. The summed E-state index contributed by atoms with van der Waals surface area (Å²) >= 11 is 0. The van der Waals surface area contributed by atoms with E-state index in [0.717, 1.165) is 44.9 Å². The zero-order chi connectivity index (χ0) is 25.8. The van der Waals surface area contributed by atoms with Gasteiger partial charge in [-0.25, -0.2) is 0 Å². The fourth-order valence-electron chi connectivity index (χ4n) is 11.0. The van der Waals surface area contributed by atoms with Gasteiger partial charge in [0.2, 0.25) is 0 Å². The predicted molar refractivity (Wildman–Crippen MR) is 135 cm³/mol. The molecule has 0 heterocycles. The van der Waals surface area contributed by atoms with Crippen LogP contribution >= 0.6 is 0 Å². The maximum absolute atomic E-state index is 12.8. The lowest BCUT2D eigenvalue weighted by Gasteiger charge is -2.71. The highest BCUT2D eigenvalue weighted by Gasteiger charge is 2.70. The molecule has 4 saturated carbocycles. The van der Waals surface area contributed by atoms with Crippen molar-refractivity contribution in [2.75, 3.05) is 6.61 Å². The van der Waals surface area contributed by atoms with Crippen molar-refractivity contribution in [2.45, 2.75) is 105 Å². The summed E-state index contributed by atoms with van der Waals surface area (Å²) in [7, 11) is 0. The number of hydrogen-bond acceptors (Lipinski definition) is 4. The normalized spacial score (nSPS) is 57.7. The van der Waals surface area contributed by atoms with Crippen molar-refractivity contribution in [3.05, 3.63) is 11.6 Å². The third-order valence-electron chi connectivity index (χ3n) is 13.5. The Morgan fingerprint density at radius 3 is 2.31 bits per heavy atom. The standard InChI is InChI=1S/C30H48O5/c1-17-9-12-30(25(34)35)14-13-28(5)19(23(30)18(17)2)7-8-22-26(3)15-20(32)24(33)27(4,16-31)21(26)10-11-29(22,28)6/h7,17-18,20-24,31-33H,8-16H2,1-6H3,(H,34,35)/t17-,18+,20-,21-,22-,23+,24-,26+,27-,28-,29-,30+/m1/s1. The third kappa shape index (κ3) is 2.95. The molecule has 35 heavy (non-hydrogen) atoms. The lowest BCUT2D eigenvalue weighted by atomic mass is 9.33. The molecule has 5 rings (SSSR count). The molecule has 4 fully saturated rings. The lowest BCUT2D eigenvalue weighted by molar-refractivity contribution is -0.244. The van der Waals surface area contributed by atoms with Gasteiger partial charge in [-0.2, -0.15) is 0 Å². The van der Waals surface area contributed by atoms with Crippen LogP contribution in [0.3, 0.4) is 0 Å². The van der Waals surface area contributed by atoms with Gasteiger partial charge in [-0.05, 0) is 97.2 Å². The van der Waals surface area contributed by atoms with Crippen molar-refractivity contribution in [1.29, 1.82) is 0 Å². The fourth-order valence-corrected chi connectivity index (χ4v) is 11.0. The van der Waals surface area contributed by atoms with E-state index in [2.05, 4.69) is 40.7 Å². The SMILES string of the molecule is C[C@H]1[C@H](C)CC[C@]2(C(=O)O)CC[C@]3(C)C(=CC[C@@H]4[C@@]5(C)C[C@@H](O)[C@@H](O)[C@](C)(CO)[C@@H]5CC[C@]43C)[C@H]12. The van der Waals surface area contributed by atoms with Gasteiger partial charge in [0.05, 0.1) is 24.2 Å². The van der Waals surface area contributed by atoms with Crippen LogP contribution in [-0.4, -0.2) is 45.2 Å². The molecule has 0 aromatic rings. The van der Waals surface area contributed by atoms with E-state index in [1.54, 1.807) is 0 Å². The van der Waals surface area contributed by atoms with E-state index in [9.17, 15) is 25.2 Å². The number of hydrogen-bond donors (Lipinski definition) is 4. The van der Waals surface area contributed by atoms with E-state index in [-0.39, 0.29) is 34.7 Å². The monoisotopic (exact) mass is 488 g/mol. The molecule has 0 spiro atoms. The second-order valence-corrected chi connectivity index (χ2v) is 14.5. The van der Waals surface area contributed by atoms with Crippen molar-refractivity contribution in [3.8, 4) is 0 Å². The Morgan fingerprint density at radius 1 is 1.00 bits per heavy atom. The van der Waals surface area contributed by atoms with Gasteiger partial charge in [-0.1, -0.05) is 53.2 Å². The van der Waals surface area contributed by atoms with Gasteiger partial charge in [0.1, 0.15) is 0 Å². The molecular formula is C30H48O5. The van der Waals surface area contributed by atoms with E-state index in [4.69, 9.17) is 0 Å². The van der Waals surface area contributed by atoms with E-state index in [0.29, 0.717) is 24.2 Å². The molecular weight excluding hydrogens is 440 g/mol. The number of aliphatic hydroxyl groups excluding tert-OH is 3. The minimum absolute atomic E-state index is 0.00815. The van der Waals surface area contributed by atoms with Crippen molar-refractivity contribution in [1.82, 2.24) is 0 Å². The molecule has 5 aliphatic rings. The van der Waals surface area contributed by atoms with Crippen LogP contribution in [-0.2, 0) is 4.79 Å². The molecule has 0 aliphatic heterocycles. The van der Waals surface area contributed by atoms with Crippen molar-refractivity contribution < 1.29 is 25.2 Å². The quantitative estimate of drug-likeness (QED) is 0.409. The second-order valence-electron chi connectivity index (χ2n) is 14.5. The highest BCUT2D eigenvalue weighted by atomic mass is 16.4. The summed E-state index contributed by atoms with van der Waals surface area (Å²) in [5.41, 5.74) is -0.214. The average molecular weight is 489 g/mol. The molecule has 0 aromatic carbocycles. The molecule has 0 saturated heterocycles. The summed E-state index contributed by atoms with van der Waals surface area (Å²) in [6.45, 7) is 13.6. The van der Waals surface area contributed by atoms with Crippen LogP contribution in [0.1, 0.15) is 92.9 Å². The number of rotatable bonds is 2. The number of fused-ring (bicyclic) bond motifs is 7. The Morgan fingerprint density at radius 2 is 1.69 bits per heavy atom. The Bertz CT molecular complexity index is 930. The number of carboxylic acids is 1. The fraction of sp³-hybridized carbons (Fsp3) is 0.900. The van der Waals surface area contributed by atoms with Crippen LogP contribution in [0.15, 0.2) is 11.6 Å². The Hall–Kier alpha value is -0.910. The van der Waals surface area contributed by atoms with E-state index < -0.39 is 29.0 Å². The number of allylic oxidation sites excluding steroid dienone is 2. The Balaban J connectivity index is 1.62. The van der Waals surface area contributed by atoms with Crippen LogP contribution in [0.2, 0.25) is 0 Å². The van der Waals surface area contributed by atoms with Gasteiger partial charge >= 0.3 is 5.97 Å². The third-order valence-corrected chi connectivity index (χ3v) is 13.5. The van der Waals surface area contributed by atoms with E-state index >= 15 is 0 Å². The van der Waals surface area contributed by atoms with Gasteiger partial charge in [0, 0.05) is 5.41 Å². The number of aliphatic hydroxyl groups is 3. The summed E-state index contributed by atoms with van der Waals surface area (Å²) in [5.74, 6) is 0.828. The minimum atomic E-state index is -0.907. The smallest absolute Gasteiger partial charge is 0.310 e. The Kier molecular flexibility index (Phi) is 5.73.